The van der Waals surface area contributed by atoms with Crippen LogP contribution in [0.1, 0.15) is 31.9 Å². The zero-order valence-corrected chi connectivity index (χ0v) is 13.5. The predicted octanol–water partition coefficient (Wildman–Crippen LogP) is 5.06. The molecule has 0 aliphatic heterocycles. The van der Waals surface area contributed by atoms with Gasteiger partial charge in [-0.3, -0.25) is 0 Å². The van der Waals surface area contributed by atoms with E-state index in [1.165, 1.54) is 11.0 Å². The highest BCUT2D eigenvalue weighted by atomic mass is 32.2. The summed E-state index contributed by atoms with van der Waals surface area (Å²) in [6.45, 7) is 6.40. The second-order valence-electron chi connectivity index (χ2n) is 6.09. The zero-order valence-electron chi connectivity index (χ0n) is 12.7. The van der Waals surface area contributed by atoms with E-state index < -0.39 is 9.73 Å². The lowest BCUT2D eigenvalue weighted by Crippen LogP contribution is -2.10. The molecule has 2 nitrogen and oxygen atoms in total. The molecule has 1 unspecified atom stereocenters. The normalized spacial score (nSPS) is 15.0. The van der Waals surface area contributed by atoms with Crippen LogP contribution in [0.3, 0.4) is 0 Å². The fraction of sp³-hybridized carbons (Fsp3) is 0.222. The van der Waals surface area contributed by atoms with E-state index in [4.69, 9.17) is 4.78 Å². The van der Waals surface area contributed by atoms with E-state index in [2.05, 4.69) is 20.8 Å². The zero-order chi connectivity index (χ0) is 15.5. The molecule has 0 spiro atoms. The van der Waals surface area contributed by atoms with Crippen LogP contribution >= 0.6 is 0 Å². The SMILES string of the molecule is CC(C)(C)c1ccc(S(=N)(=O)/C=C/c2ccccc2)cc1. The first-order chi connectivity index (χ1) is 9.79. The molecule has 0 saturated heterocycles. The first kappa shape index (κ1) is 15.5. The molecule has 0 heterocycles. The third-order valence-corrected chi connectivity index (χ3v) is 4.81. The minimum absolute atomic E-state index is 0.0569. The molecule has 0 aliphatic carbocycles. The van der Waals surface area contributed by atoms with Crippen molar-refractivity contribution in [3.05, 3.63) is 71.1 Å². The first-order valence-electron chi connectivity index (χ1n) is 6.91. The first-order valence-corrected chi connectivity index (χ1v) is 8.54. The monoisotopic (exact) mass is 299 g/mol. The highest BCUT2D eigenvalue weighted by molar-refractivity contribution is 7.95. The van der Waals surface area contributed by atoms with Crippen molar-refractivity contribution < 1.29 is 4.21 Å². The largest absolute Gasteiger partial charge is 0.245 e. The van der Waals surface area contributed by atoms with Gasteiger partial charge in [0.2, 0.25) is 0 Å². The molecule has 0 aliphatic rings. The van der Waals surface area contributed by atoms with Gasteiger partial charge >= 0.3 is 0 Å². The van der Waals surface area contributed by atoms with Crippen molar-refractivity contribution >= 4 is 15.8 Å². The summed E-state index contributed by atoms with van der Waals surface area (Å²) in [6.07, 6.45) is 1.74. The molecule has 1 N–H and O–H groups in total. The average Bonchev–Trinajstić information content (AvgIpc) is 2.46. The second kappa shape index (κ2) is 5.86. The van der Waals surface area contributed by atoms with E-state index in [1.54, 1.807) is 18.2 Å². The Bertz CT molecular complexity index is 721. The van der Waals surface area contributed by atoms with Gasteiger partial charge in [0.25, 0.3) is 0 Å². The van der Waals surface area contributed by atoms with E-state index in [-0.39, 0.29) is 5.41 Å². The average molecular weight is 299 g/mol. The molecule has 1 atom stereocenters. The maximum atomic E-state index is 12.5. The molecule has 0 saturated carbocycles. The number of benzene rings is 2. The summed E-state index contributed by atoms with van der Waals surface area (Å²) in [7, 11) is -2.90. The van der Waals surface area contributed by atoms with Gasteiger partial charge in [0.1, 0.15) is 0 Å². The molecule has 110 valence electrons. The fourth-order valence-electron chi connectivity index (χ4n) is 1.97. The van der Waals surface area contributed by atoms with Crippen LogP contribution in [-0.4, -0.2) is 4.21 Å². The molecular weight excluding hydrogens is 278 g/mol. The lowest BCUT2D eigenvalue weighted by Gasteiger charge is -2.19. The summed E-state index contributed by atoms with van der Waals surface area (Å²) in [5.41, 5.74) is 2.18. The van der Waals surface area contributed by atoms with E-state index in [9.17, 15) is 4.21 Å². The van der Waals surface area contributed by atoms with Crippen molar-refractivity contribution in [2.24, 2.45) is 0 Å². The second-order valence-corrected chi connectivity index (χ2v) is 8.03. The van der Waals surface area contributed by atoms with Gasteiger partial charge in [0, 0.05) is 5.41 Å². The minimum atomic E-state index is -2.90. The highest BCUT2D eigenvalue weighted by Crippen LogP contribution is 2.24. The van der Waals surface area contributed by atoms with E-state index in [1.807, 2.05) is 42.5 Å². The van der Waals surface area contributed by atoms with Crippen LogP contribution in [0.4, 0.5) is 0 Å². The molecule has 0 radical (unpaired) electrons. The number of hydrogen-bond donors (Lipinski definition) is 1. The molecule has 0 bridgehead atoms. The summed E-state index contributed by atoms with van der Waals surface area (Å²) < 4.78 is 20.6. The molecule has 2 rings (SSSR count). The Labute approximate surface area is 127 Å². The molecule has 2 aromatic rings. The molecule has 2 aromatic carbocycles. The van der Waals surface area contributed by atoms with Crippen LogP contribution in [0, 0.1) is 4.78 Å². The van der Waals surface area contributed by atoms with Crippen LogP contribution < -0.4 is 0 Å². The summed E-state index contributed by atoms with van der Waals surface area (Å²) in [5.74, 6) is 0. The fourth-order valence-corrected chi connectivity index (χ4v) is 3.02. The molecule has 0 amide bonds. The van der Waals surface area contributed by atoms with Crippen molar-refractivity contribution in [3.8, 4) is 0 Å². The van der Waals surface area contributed by atoms with Gasteiger partial charge in [-0.15, -0.1) is 0 Å². The lowest BCUT2D eigenvalue weighted by atomic mass is 9.87. The van der Waals surface area contributed by atoms with Crippen molar-refractivity contribution in [1.82, 2.24) is 0 Å². The lowest BCUT2D eigenvalue weighted by molar-refractivity contribution is 0.589. The summed E-state index contributed by atoms with van der Waals surface area (Å²) in [4.78, 5) is 0.544. The highest BCUT2D eigenvalue weighted by Gasteiger charge is 2.14. The third kappa shape index (κ3) is 4.05. The van der Waals surface area contributed by atoms with Gasteiger partial charge in [-0.2, -0.15) is 0 Å². The number of nitrogens with one attached hydrogen (secondary N) is 1. The smallest absolute Gasteiger partial charge is 0.0943 e. The molecule has 0 fully saturated rings. The topological polar surface area (TPSA) is 40.9 Å². The van der Waals surface area contributed by atoms with Crippen molar-refractivity contribution in [1.29, 1.82) is 4.78 Å². The Morgan fingerprint density at radius 2 is 1.52 bits per heavy atom. The van der Waals surface area contributed by atoms with Crippen LogP contribution in [0.2, 0.25) is 0 Å². The summed E-state index contributed by atoms with van der Waals surface area (Å²) in [5, 5.41) is 1.48. The van der Waals surface area contributed by atoms with Gasteiger partial charge in [0.15, 0.2) is 0 Å². The standard InChI is InChI=1S/C18H21NOS/c1-18(2,3)16-9-11-17(12-10-16)21(19,20)14-13-15-7-5-4-6-8-15/h4-14,19H,1-3H3/b14-13+. The Balaban J connectivity index is 2.26. The molecule has 21 heavy (non-hydrogen) atoms. The van der Waals surface area contributed by atoms with E-state index in [0.717, 1.165) is 5.56 Å². The van der Waals surface area contributed by atoms with E-state index in [0.29, 0.717) is 4.90 Å². The van der Waals surface area contributed by atoms with Crippen molar-refractivity contribution in [3.63, 3.8) is 0 Å². The van der Waals surface area contributed by atoms with Crippen molar-refractivity contribution in [2.45, 2.75) is 31.1 Å². The van der Waals surface area contributed by atoms with E-state index >= 15 is 0 Å². The van der Waals surface area contributed by atoms with Gasteiger partial charge in [-0.25, -0.2) is 8.99 Å². The van der Waals surface area contributed by atoms with Gasteiger partial charge in [-0.1, -0.05) is 63.2 Å². The Morgan fingerprint density at radius 3 is 2.05 bits per heavy atom. The Morgan fingerprint density at radius 1 is 0.952 bits per heavy atom. The van der Waals surface area contributed by atoms with Crippen molar-refractivity contribution in [2.75, 3.05) is 0 Å². The quantitative estimate of drug-likeness (QED) is 0.845. The van der Waals surface area contributed by atoms with Crippen LogP contribution in [0.25, 0.3) is 6.08 Å². The summed E-state index contributed by atoms with van der Waals surface area (Å²) in [6, 6.07) is 17.1. The molecule has 3 heteroatoms. The maximum absolute atomic E-state index is 12.5. The predicted molar refractivity (Wildman–Crippen MR) is 89.7 cm³/mol. The number of rotatable bonds is 3. The van der Waals surface area contributed by atoms with Crippen LogP contribution in [0.5, 0.6) is 0 Å². The Kier molecular flexibility index (Phi) is 4.33. The van der Waals surface area contributed by atoms with Gasteiger partial charge in [-0.05, 0) is 34.8 Å². The van der Waals surface area contributed by atoms with Gasteiger partial charge < -0.3 is 0 Å². The number of hydrogen-bond acceptors (Lipinski definition) is 2. The van der Waals surface area contributed by atoms with Crippen LogP contribution in [-0.2, 0) is 15.1 Å². The van der Waals surface area contributed by atoms with Crippen LogP contribution in [0.15, 0.2) is 64.9 Å². The maximum Gasteiger partial charge on any atom is 0.0943 e. The Hall–Kier alpha value is -1.87. The third-order valence-electron chi connectivity index (χ3n) is 3.32. The molecule has 0 aromatic heterocycles. The summed E-state index contributed by atoms with van der Waals surface area (Å²) >= 11 is 0. The van der Waals surface area contributed by atoms with Gasteiger partial charge in [0.05, 0.1) is 14.6 Å². The minimum Gasteiger partial charge on any atom is -0.245 e. The molecular formula is C18H21NOS.